The van der Waals surface area contributed by atoms with E-state index < -0.39 is 6.04 Å². The highest BCUT2D eigenvalue weighted by molar-refractivity contribution is 5.85. The fraction of sp³-hybridized carbons (Fsp3) is 0.333. The van der Waals surface area contributed by atoms with E-state index in [0.29, 0.717) is 12.4 Å². The molecule has 2 rings (SSSR count). The SMILES string of the molecule is COCC(N)C(=O)NCc1nc2ccccc2[nH]1.Cl.Cl. The lowest BCUT2D eigenvalue weighted by molar-refractivity contribution is -0.123. The minimum atomic E-state index is -0.653. The van der Waals surface area contributed by atoms with E-state index in [1.165, 1.54) is 7.11 Å². The first-order valence-corrected chi connectivity index (χ1v) is 5.66. The summed E-state index contributed by atoms with van der Waals surface area (Å²) in [6.07, 6.45) is 0. The summed E-state index contributed by atoms with van der Waals surface area (Å²) in [6.45, 7) is 0.525. The molecule has 1 unspecified atom stereocenters. The van der Waals surface area contributed by atoms with Gasteiger partial charge in [0.15, 0.2) is 0 Å². The van der Waals surface area contributed by atoms with Crippen LogP contribution in [0.2, 0.25) is 0 Å². The third kappa shape index (κ3) is 4.64. The van der Waals surface area contributed by atoms with Gasteiger partial charge in [0, 0.05) is 7.11 Å². The zero-order valence-electron chi connectivity index (χ0n) is 11.0. The normalized spacial score (nSPS) is 11.3. The van der Waals surface area contributed by atoms with Gasteiger partial charge in [-0.25, -0.2) is 4.98 Å². The number of aromatic amines is 1. The smallest absolute Gasteiger partial charge is 0.239 e. The van der Waals surface area contributed by atoms with Gasteiger partial charge in [-0.1, -0.05) is 12.1 Å². The van der Waals surface area contributed by atoms with E-state index in [0.717, 1.165) is 11.0 Å². The van der Waals surface area contributed by atoms with Gasteiger partial charge in [0.1, 0.15) is 11.9 Å². The molecule has 0 spiro atoms. The van der Waals surface area contributed by atoms with Crippen LogP contribution in [0.4, 0.5) is 0 Å². The van der Waals surface area contributed by atoms with Crippen LogP contribution in [0.1, 0.15) is 5.82 Å². The molecule has 0 saturated heterocycles. The van der Waals surface area contributed by atoms with Crippen molar-refractivity contribution in [3.05, 3.63) is 30.1 Å². The average molecular weight is 321 g/mol. The number of fused-ring (bicyclic) bond motifs is 1. The minimum Gasteiger partial charge on any atom is -0.383 e. The molecule has 0 radical (unpaired) electrons. The number of rotatable bonds is 5. The number of methoxy groups -OCH3 is 1. The second kappa shape index (κ2) is 8.76. The van der Waals surface area contributed by atoms with E-state index in [2.05, 4.69) is 15.3 Å². The Hall–Kier alpha value is -1.34. The van der Waals surface area contributed by atoms with Gasteiger partial charge >= 0.3 is 0 Å². The Bertz CT molecular complexity index is 514. The summed E-state index contributed by atoms with van der Waals surface area (Å²) in [4.78, 5) is 19.0. The van der Waals surface area contributed by atoms with Gasteiger partial charge in [-0.05, 0) is 12.1 Å². The Morgan fingerprint density at radius 2 is 2.15 bits per heavy atom. The summed E-state index contributed by atoms with van der Waals surface area (Å²) in [5.74, 6) is 0.450. The summed E-state index contributed by atoms with van der Waals surface area (Å²) < 4.78 is 4.82. The number of imidazole rings is 1. The maximum Gasteiger partial charge on any atom is 0.239 e. The molecule has 20 heavy (non-hydrogen) atoms. The van der Waals surface area contributed by atoms with Gasteiger partial charge in [0.05, 0.1) is 24.2 Å². The summed E-state index contributed by atoms with van der Waals surface area (Å²) in [7, 11) is 1.51. The van der Waals surface area contributed by atoms with E-state index in [1.54, 1.807) is 0 Å². The van der Waals surface area contributed by atoms with Crippen molar-refractivity contribution in [2.75, 3.05) is 13.7 Å². The largest absolute Gasteiger partial charge is 0.383 e. The molecule has 0 aliphatic heterocycles. The molecule has 1 aromatic heterocycles. The van der Waals surface area contributed by atoms with E-state index >= 15 is 0 Å². The Morgan fingerprint density at radius 1 is 1.45 bits per heavy atom. The fourth-order valence-corrected chi connectivity index (χ4v) is 1.65. The van der Waals surface area contributed by atoms with Gasteiger partial charge < -0.3 is 20.8 Å². The first kappa shape index (κ1) is 18.7. The van der Waals surface area contributed by atoms with Crippen LogP contribution in [0, 0.1) is 0 Å². The number of hydrogen-bond donors (Lipinski definition) is 3. The van der Waals surface area contributed by atoms with Crippen molar-refractivity contribution in [3.63, 3.8) is 0 Å². The number of nitrogens with two attached hydrogens (primary N) is 1. The molecule has 0 fully saturated rings. The van der Waals surface area contributed by atoms with Gasteiger partial charge in [0.2, 0.25) is 5.91 Å². The summed E-state index contributed by atoms with van der Waals surface area (Å²) in [6, 6.07) is 7.04. The standard InChI is InChI=1S/C12H16N4O2.2ClH/c1-18-7-8(13)12(17)14-6-11-15-9-4-2-3-5-10(9)16-11;;/h2-5,8H,6-7,13H2,1H3,(H,14,17)(H,15,16);2*1H. The van der Waals surface area contributed by atoms with Crippen LogP contribution in [-0.2, 0) is 16.1 Å². The molecule has 4 N–H and O–H groups in total. The second-order valence-electron chi connectivity index (χ2n) is 3.98. The van der Waals surface area contributed by atoms with Crippen LogP contribution in [0.5, 0.6) is 0 Å². The molecule has 6 nitrogen and oxygen atoms in total. The van der Waals surface area contributed by atoms with Crippen molar-refractivity contribution in [1.29, 1.82) is 0 Å². The number of carbonyl (C=O) groups excluding carboxylic acids is 1. The first-order valence-electron chi connectivity index (χ1n) is 5.66. The van der Waals surface area contributed by atoms with Crippen molar-refractivity contribution < 1.29 is 9.53 Å². The van der Waals surface area contributed by atoms with Crippen molar-refractivity contribution in [2.45, 2.75) is 12.6 Å². The number of halogens is 2. The predicted octanol–water partition coefficient (Wildman–Crippen LogP) is 0.996. The van der Waals surface area contributed by atoms with E-state index in [1.807, 2.05) is 24.3 Å². The number of amides is 1. The molecular weight excluding hydrogens is 303 g/mol. The molecule has 0 bridgehead atoms. The molecule has 1 heterocycles. The van der Waals surface area contributed by atoms with Crippen LogP contribution < -0.4 is 11.1 Å². The topological polar surface area (TPSA) is 93.0 Å². The molecule has 2 aromatic rings. The Balaban J connectivity index is 0.00000180. The monoisotopic (exact) mass is 320 g/mol. The molecule has 8 heteroatoms. The van der Waals surface area contributed by atoms with E-state index in [4.69, 9.17) is 10.5 Å². The van der Waals surface area contributed by atoms with Gasteiger partial charge in [-0.2, -0.15) is 0 Å². The highest BCUT2D eigenvalue weighted by atomic mass is 35.5. The summed E-state index contributed by atoms with van der Waals surface area (Å²) in [5.41, 5.74) is 7.42. The number of nitrogens with one attached hydrogen (secondary N) is 2. The average Bonchev–Trinajstić information content (AvgIpc) is 2.78. The number of aromatic nitrogens is 2. The van der Waals surface area contributed by atoms with Gasteiger partial charge in [-0.15, -0.1) is 24.8 Å². The zero-order valence-corrected chi connectivity index (χ0v) is 12.6. The maximum atomic E-state index is 11.6. The lowest BCUT2D eigenvalue weighted by Gasteiger charge is -2.09. The molecule has 0 saturated carbocycles. The lowest BCUT2D eigenvalue weighted by Crippen LogP contribution is -2.43. The molecule has 1 aromatic carbocycles. The number of nitrogens with zero attached hydrogens (tertiary/aromatic N) is 1. The highest BCUT2D eigenvalue weighted by Gasteiger charge is 2.13. The lowest BCUT2D eigenvalue weighted by atomic mass is 10.3. The molecular formula is C12H18Cl2N4O2. The molecule has 0 aliphatic carbocycles. The second-order valence-corrected chi connectivity index (χ2v) is 3.98. The van der Waals surface area contributed by atoms with Crippen LogP contribution in [0.15, 0.2) is 24.3 Å². The van der Waals surface area contributed by atoms with Crippen molar-refractivity contribution in [3.8, 4) is 0 Å². The molecule has 0 aliphatic rings. The van der Waals surface area contributed by atoms with Gasteiger partial charge in [-0.3, -0.25) is 4.79 Å². The quantitative estimate of drug-likeness (QED) is 0.766. The van der Waals surface area contributed by atoms with Gasteiger partial charge in [0.25, 0.3) is 0 Å². The van der Waals surface area contributed by atoms with Crippen LogP contribution in [0.25, 0.3) is 11.0 Å². The maximum absolute atomic E-state index is 11.6. The Kier molecular flexibility index (Phi) is 8.17. The van der Waals surface area contributed by atoms with Crippen molar-refractivity contribution in [2.24, 2.45) is 5.73 Å². The minimum absolute atomic E-state index is 0. The fourth-order valence-electron chi connectivity index (χ4n) is 1.65. The molecule has 1 amide bonds. The highest BCUT2D eigenvalue weighted by Crippen LogP contribution is 2.09. The van der Waals surface area contributed by atoms with Crippen LogP contribution in [-0.4, -0.2) is 35.6 Å². The summed E-state index contributed by atoms with van der Waals surface area (Å²) >= 11 is 0. The predicted molar refractivity (Wildman–Crippen MR) is 82.3 cm³/mol. The summed E-state index contributed by atoms with van der Waals surface area (Å²) in [5, 5.41) is 2.71. The van der Waals surface area contributed by atoms with Crippen LogP contribution >= 0.6 is 24.8 Å². The van der Waals surface area contributed by atoms with E-state index in [9.17, 15) is 4.79 Å². The number of ether oxygens (including phenoxy) is 1. The number of H-pyrrole nitrogens is 1. The zero-order chi connectivity index (χ0) is 13.0. The van der Waals surface area contributed by atoms with Crippen LogP contribution in [0.3, 0.4) is 0 Å². The first-order chi connectivity index (χ1) is 8.70. The molecule has 1 atom stereocenters. The third-order valence-corrected chi connectivity index (χ3v) is 2.55. The number of hydrogen-bond acceptors (Lipinski definition) is 4. The number of para-hydroxylation sites is 2. The number of benzene rings is 1. The Morgan fingerprint density at radius 3 is 2.80 bits per heavy atom. The van der Waals surface area contributed by atoms with Crippen molar-refractivity contribution >= 4 is 41.8 Å². The third-order valence-electron chi connectivity index (χ3n) is 2.55. The van der Waals surface area contributed by atoms with Crippen molar-refractivity contribution in [1.82, 2.24) is 15.3 Å². The molecule has 112 valence electrons. The number of carbonyl (C=O) groups is 1. The Labute approximate surface area is 129 Å². The van der Waals surface area contributed by atoms with E-state index in [-0.39, 0.29) is 37.3 Å².